The van der Waals surface area contributed by atoms with Crippen LogP contribution in [0.2, 0.25) is 0 Å². The zero-order chi connectivity index (χ0) is 21.1. The molecule has 0 atom stereocenters. The molecule has 0 bridgehead atoms. The van der Waals surface area contributed by atoms with Gasteiger partial charge in [-0.2, -0.15) is 0 Å². The van der Waals surface area contributed by atoms with Crippen molar-refractivity contribution in [1.82, 2.24) is 15.1 Å². The first-order chi connectivity index (χ1) is 14.5. The lowest BCUT2D eigenvalue weighted by atomic mass is 10.1. The number of nitrogens with one attached hydrogen (secondary N) is 1. The van der Waals surface area contributed by atoms with Crippen LogP contribution in [0.25, 0.3) is 0 Å². The molecule has 2 aliphatic heterocycles. The van der Waals surface area contributed by atoms with Crippen molar-refractivity contribution >= 4 is 23.4 Å². The standard InChI is InChI=1S/C21H22N4O5/c22-16-4-2-15(3-5-16)19(26)23-20(27)21(28)25-9-7-24(8-10-25)12-14-1-6-17-18(11-14)30-13-29-17/h1-6,11H,7-10,12-13,22H2,(H,23,26,27). The number of anilines is 1. The number of hydrogen-bond acceptors (Lipinski definition) is 7. The zero-order valence-corrected chi connectivity index (χ0v) is 16.3. The summed E-state index contributed by atoms with van der Waals surface area (Å²) in [6, 6.07) is 11.9. The largest absolute Gasteiger partial charge is 0.454 e. The van der Waals surface area contributed by atoms with E-state index in [2.05, 4.69) is 10.2 Å². The Morgan fingerprint density at radius 2 is 1.63 bits per heavy atom. The predicted octanol–water partition coefficient (Wildman–Crippen LogP) is 0.598. The maximum atomic E-state index is 12.4. The van der Waals surface area contributed by atoms with Gasteiger partial charge in [-0.3, -0.25) is 24.6 Å². The number of piperazine rings is 1. The monoisotopic (exact) mass is 410 g/mol. The van der Waals surface area contributed by atoms with Gasteiger partial charge in [-0.1, -0.05) is 6.07 Å². The van der Waals surface area contributed by atoms with E-state index < -0.39 is 17.7 Å². The summed E-state index contributed by atoms with van der Waals surface area (Å²) >= 11 is 0. The van der Waals surface area contributed by atoms with Crippen LogP contribution in [0.3, 0.4) is 0 Å². The van der Waals surface area contributed by atoms with Gasteiger partial charge in [-0.05, 0) is 42.0 Å². The van der Waals surface area contributed by atoms with Crippen LogP contribution in [0, 0.1) is 0 Å². The van der Waals surface area contributed by atoms with E-state index in [1.54, 1.807) is 12.1 Å². The molecule has 0 saturated carbocycles. The number of nitrogens with two attached hydrogens (primary N) is 1. The van der Waals surface area contributed by atoms with Gasteiger partial charge in [0.15, 0.2) is 11.5 Å². The highest BCUT2D eigenvalue weighted by Crippen LogP contribution is 2.32. The molecule has 1 saturated heterocycles. The van der Waals surface area contributed by atoms with Gasteiger partial charge in [0.25, 0.3) is 5.91 Å². The maximum absolute atomic E-state index is 12.4. The minimum Gasteiger partial charge on any atom is -0.454 e. The Balaban J connectivity index is 1.27. The molecule has 4 rings (SSSR count). The van der Waals surface area contributed by atoms with Gasteiger partial charge < -0.3 is 20.1 Å². The molecule has 0 radical (unpaired) electrons. The summed E-state index contributed by atoms with van der Waals surface area (Å²) in [7, 11) is 0. The fraction of sp³-hybridized carbons (Fsp3) is 0.286. The summed E-state index contributed by atoms with van der Waals surface area (Å²) in [5.74, 6) is -0.783. The lowest BCUT2D eigenvalue weighted by molar-refractivity contribution is -0.146. The summed E-state index contributed by atoms with van der Waals surface area (Å²) in [4.78, 5) is 40.4. The Labute approximate surface area is 173 Å². The molecular weight excluding hydrogens is 388 g/mol. The molecule has 2 aliphatic rings. The second-order valence-corrected chi connectivity index (χ2v) is 7.16. The van der Waals surface area contributed by atoms with Gasteiger partial charge in [0, 0.05) is 44.0 Å². The highest BCUT2D eigenvalue weighted by molar-refractivity contribution is 6.38. The topological polar surface area (TPSA) is 114 Å². The summed E-state index contributed by atoms with van der Waals surface area (Å²) in [6.45, 7) is 3.02. The number of carbonyl (C=O) groups excluding carboxylic acids is 3. The van der Waals surface area contributed by atoms with Crippen molar-refractivity contribution in [2.75, 3.05) is 38.7 Å². The van der Waals surface area contributed by atoms with Crippen LogP contribution in [0.15, 0.2) is 42.5 Å². The second-order valence-electron chi connectivity index (χ2n) is 7.16. The first-order valence-corrected chi connectivity index (χ1v) is 9.60. The van der Waals surface area contributed by atoms with Crippen molar-refractivity contribution in [3.8, 4) is 11.5 Å². The van der Waals surface area contributed by atoms with Gasteiger partial charge in [0.05, 0.1) is 0 Å². The van der Waals surface area contributed by atoms with E-state index in [4.69, 9.17) is 15.2 Å². The van der Waals surface area contributed by atoms with E-state index in [9.17, 15) is 14.4 Å². The molecule has 2 aromatic carbocycles. The van der Waals surface area contributed by atoms with Gasteiger partial charge in [0.2, 0.25) is 6.79 Å². The fourth-order valence-electron chi connectivity index (χ4n) is 3.41. The summed E-state index contributed by atoms with van der Waals surface area (Å²) in [5, 5.41) is 2.14. The molecule has 0 spiro atoms. The molecule has 2 heterocycles. The van der Waals surface area contributed by atoms with E-state index in [1.807, 2.05) is 18.2 Å². The summed E-state index contributed by atoms with van der Waals surface area (Å²) in [5.41, 5.74) is 7.44. The quantitative estimate of drug-likeness (QED) is 0.563. The first-order valence-electron chi connectivity index (χ1n) is 9.60. The lowest BCUT2D eigenvalue weighted by Crippen LogP contribution is -2.53. The number of ether oxygens (including phenoxy) is 2. The van der Waals surface area contributed by atoms with E-state index in [0.29, 0.717) is 38.4 Å². The molecule has 0 aromatic heterocycles. The van der Waals surface area contributed by atoms with Crippen molar-refractivity contribution in [2.45, 2.75) is 6.54 Å². The number of rotatable bonds is 3. The average molecular weight is 410 g/mol. The number of imide groups is 1. The number of hydrogen-bond donors (Lipinski definition) is 2. The number of nitrogens with zero attached hydrogens (tertiary/aromatic N) is 2. The number of fused-ring (bicyclic) bond motifs is 1. The molecule has 3 N–H and O–H groups in total. The Morgan fingerprint density at radius 1 is 0.933 bits per heavy atom. The van der Waals surface area contributed by atoms with Gasteiger partial charge in [-0.15, -0.1) is 0 Å². The van der Waals surface area contributed by atoms with Gasteiger partial charge >= 0.3 is 11.8 Å². The van der Waals surface area contributed by atoms with Crippen LogP contribution >= 0.6 is 0 Å². The van der Waals surface area contributed by atoms with Crippen molar-refractivity contribution < 1.29 is 23.9 Å². The molecule has 1 fully saturated rings. The molecular formula is C21H22N4O5. The van der Waals surface area contributed by atoms with E-state index in [0.717, 1.165) is 17.1 Å². The maximum Gasteiger partial charge on any atom is 0.316 e. The van der Waals surface area contributed by atoms with Crippen LogP contribution in [-0.2, 0) is 16.1 Å². The highest BCUT2D eigenvalue weighted by atomic mass is 16.7. The molecule has 30 heavy (non-hydrogen) atoms. The van der Waals surface area contributed by atoms with E-state index in [1.165, 1.54) is 17.0 Å². The fourth-order valence-corrected chi connectivity index (χ4v) is 3.41. The number of carbonyl (C=O) groups is 3. The Hall–Kier alpha value is -3.59. The molecule has 9 nitrogen and oxygen atoms in total. The van der Waals surface area contributed by atoms with Crippen LogP contribution in [0.4, 0.5) is 5.69 Å². The molecule has 156 valence electrons. The van der Waals surface area contributed by atoms with Crippen molar-refractivity contribution in [2.24, 2.45) is 0 Å². The average Bonchev–Trinajstić information content (AvgIpc) is 3.22. The molecule has 9 heteroatoms. The normalized spacial score (nSPS) is 15.7. The molecule has 2 aromatic rings. The smallest absolute Gasteiger partial charge is 0.316 e. The molecule has 0 unspecified atom stereocenters. The van der Waals surface area contributed by atoms with Crippen molar-refractivity contribution in [1.29, 1.82) is 0 Å². The Kier molecular flexibility index (Phi) is 5.53. The van der Waals surface area contributed by atoms with E-state index >= 15 is 0 Å². The van der Waals surface area contributed by atoms with E-state index in [-0.39, 0.29) is 12.4 Å². The first kappa shape index (κ1) is 19.7. The van der Waals surface area contributed by atoms with Crippen LogP contribution in [0.1, 0.15) is 15.9 Å². The molecule has 0 aliphatic carbocycles. The third-order valence-electron chi connectivity index (χ3n) is 5.10. The number of nitrogen functional groups attached to an aromatic ring is 1. The highest BCUT2D eigenvalue weighted by Gasteiger charge is 2.27. The summed E-state index contributed by atoms with van der Waals surface area (Å²) < 4.78 is 10.7. The Morgan fingerprint density at radius 3 is 2.37 bits per heavy atom. The minimum absolute atomic E-state index is 0.239. The van der Waals surface area contributed by atoms with Crippen LogP contribution in [-0.4, -0.2) is 60.5 Å². The third-order valence-corrected chi connectivity index (χ3v) is 5.10. The minimum atomic E-state index is -0.930. The van der Waals surface area contributed by atoms with Gasteiger partial charge in [-0.25, -0.2) is 0 Å². The predicted molar refractivity (Wildman–Crippen MR) is 108 cm³/mol. The zero-order valence-electron chi connectivity index (χ0n) is 16.3. The number of amides is 3. The lowest BCUT2D eigenvalue weighted by Gasteiger charge is -2.34. The Bertz CT molecular complexity index is 968. The second kappa shape index (κ2) is 8.42. The van der Waals surface area contributed by atoms with Gasteiger partial charge in [0.1, 0.15) is 0 Å². The van der Waals surface area contributed by atoms with Crippen molar-refractivity contribution in [3.63, 3.8) is 0 Å². The van der Waals surface area contributed by atoms with Crippen LogP contribution < -0.4 is 20.5 Å². The molecule has 3 amide bonds. The van der Waals surface area contributed by atoms with Crippen LogP contribution in [0.5, 0.6) is 11.5 Å². The SMILES string of the molecule is Nc1ccc(C(=O)NC(=O)C(=O)N2CCN(Cc3ccc4c(c3)OCO4)CC2)cc1. The third kappa shape index (κ3) is 4.36. The number of benzene rings is 2. The summed E-state index contributed by atoms with van der Waals surface area (Å²) in [6.07, 6.45) is 0. The van der Waals surface area contributed by atoms with Crippen molar-refractivity contribution in [3.05, 3.63) is 53.6 Å².